The predicted octanol–water partition coefficient (Wildman–Crippen LogP) is 5.34. The second-order valence-electron chi connectivity index (χ2n) is 4.33. The number of benzene rings is 2. The minimum absolute atomic E-state index is 0.251. The highest BCUT2D eigenvalue weighted by Crippen LogP contribution is 2.29. The number of amides is 1. The molecule has 3 nitrogen and oxygen atoms in total. The molecule has 2 aromatic rings. The number of nitrogens with one attached hydrogen (secondary N) is 1. The van der Waals surface area contributed by atoms with Gasteiger partial charge in [-0.3, -0.25) is 4.79 Å². The number of halogens is 2. The first-order chi connectivity index (χ1) is 10.6. The second-order valence-corrected chi connectivity index (χ2v) is 6.34. The Hall–Kier alpha value is -1.36. The monoisotopic (exact) mass is 355 g/mol. The van der Waals surface area contributed by atoms with Gasteiger partial charge in [0.25, 0.3) is 5.91 Å². The normalized spacial score (nSPS) is 10.3. The summed E-state index contributed by atoms with van der Waals surface area (Å²) in [6, 6.07) is 12.0. The van der Waals surface area contributed by atoms with Crippen molar-refractivity contribution in [1.29, 1.82) is 0 Å². The van der Waals surface area contributed by atoms with Gasteiger partial charge in [0.1, 0.15) is 11.7 Å². The molecule has 2 aromatic carbocycles. The van der Waals surface area contributed by atoms with Crippen molar-refractivity contribution in [3.8, 4) is 5.75 Å². The summed E-state index contributed by atoms with van der Waals surface area (Å²) < 4.78 is 5.53. The third kappa shape index (κ3) is 4.57. The molecule has 6 heteroatoms. The fourth-order valence-electron chi connectivity index (χ4n) is 1.69. The molecule has 22 heavy (non-hydrogen) atoms. The molecule has 0 aliphatic carbocycles. The average molecular weight is 356 g/mol. The first-order valence-electron chi connectivity index (χ1n) is 6.67. The fraction of sp³-hybridized carbons (Fsp3) is 0.188. The highest BCUT2D eigenvalue weighted by molar-refractivity contribution is 7.99. The number of carbonyl (C=O) groups is 1. The van der Waals surface area contributed by atoms with Crippen LogP contribution in [0.1, 0.15) is 17.3 Å². The molecule has 2 rings (SSSR count). The van der Waals surface area contributed by atoms with E-state index in [2.05, 4.69) is 12.2 Å². The molecule has 0 radical (unpaired) electrons. The maximum Gasteiger partial charge on any atom is 0.255 e. The molecule has 0 saturated heterocycles. The molecule has 0 saturated carbocycles. The van der Waals surface area contributed by atoms with E-state index in [1.165, 1.54) is 0 Å². The number of ether oxygens (including phenoxy) is 1. The largest absolute Gasteiger partial charge is 0.483 e. The quantitative estimate of drug-likeness (QED) is 0.561. The van der Waals surface area contributed by atoms with Crippen molar-refractivity contribution in [1.82, 2.24) is 0 Å². The lowest BCUT2D eigenvalue weighted by atomic mass is 10.2. The first-order valence-corrected chi connectivity index (χ1v) is 8.59. The van der Waals surface area contributed by atoms with Gasteiger partial charge in [0.2, 0.25) is 0 Å². The van der Waals surface area contributed by atoms with Crippen LogP contribution >= 0.6 is 35.0 Å². The molecule has 116 valence electrons. The number of thioether (sulfide) groups is 1. The molecule has 0 bridgehead atoms. The van der Waals surface area contributed by atoms with Gasteiger partial charge >= 0.3 is 0 Å². The zero-order chi connectivity index (χ0) is 15.9. The molecule has 0 aliphatic rings. The minimum atomic E-state index is -0.251. The third-order valence-corrected chi connectivity index (χ3v) is 4.34. The van der Waals surface area contributed by atoms with E-state index in [0.717, 1.165) is 11.5 Å². The molecule has 0 fully saturated rings. The summed E-state index contributed by atoms with van der Waals surface area (Å²) in [6.45, 7) is 2.07. The Morgan fingerprint density at radius 3 is 2.59 bits per heavy atom. The van der Waals surface area contributed by atoms with Crippen molar-refractivity contribution in [2.24, 2.45) is 0 Å². The van der Waals surface area contributed by atoms with Crippen LogP contribution < -0.4 is 10.1 Å². The highest BCUT2D eigenvalue weighted by Gasteiger charge is 2.10. The van der Waals surface area contributed by atoms with Gasteiger partial charge in [-0.15, -0.1) is 11.8 Å². The Morgan fingerprint density at radius 1 is 1.18 bits per heavy atom. The zero-order valence-corrected chi connectivity index (χ0v) is 14.3. The number of anilines is 1. The summed E-state index contributed by atoms with van der Waals surface area (Å²) in [7, 11) is 0. The maximum absolute atomic E-state index is 12.2. The van der Waals surface area contributed by atoms with Gasteiger partial charge in [-0.25, -0.2) is 0 Å². The van der Waals surface area contributed by atoms with Crippen molar-refractivity contribution in [3.63, 3.8) is 0 Å². The van der Waals surface area contributed by atoms with E-state index < -0.39 is 0 Å². The van der Waals surface area contributed by atoms with E-state index in [1.54, 1.807) is 54.2 Å². The lowest BCUT2D eigenvalue weighted by Crippen LogP contribution is -2.12. The Labute approximate surface area is 144 Å². The molecule has 0 spiro atoms. The zero-order valence-electron chi connectivity index (χ0n) is 11.9. The van der Waals surface area contributed by atoms with Gasteiger partial charge in [-0.1, -0.05) is 36.2 Å². The van der Waals surface area contributed by atoms with Gasteiger partial charge in [0.05, 0.1) is 15.7 Å². The number of rotatable bonds is 6. The van der Waals surface area contributed by atoms with Crippen LogP contribution in [0.15, 0.2) is 42.5 Å². The summed E-state index contributed by atoms with van der Waals surface area (Å²) in [6.07, 6.45) is 0. The van der Waals surface area contributed by atoms with Crippen LogP contribution in [-0.2, 0) is 0 Å². The molecule has 0 aliphatic heterocycles. The van der Waals surface area contributed by atoms with Crippen molar-refractivity contribution in [2.75, 3.05) is 17.0 Å². The molecule has 1 N–H and O–H groups in total. The van der Waals surface area contributed by atoms with Crippen LogP contribution in [0.3, 0.4) is 0 Å². The van der Waals surface area contributed by atoms with Gasteiger partial charge < -0.3 is 10.1 Å². The van der Waals surface area contributed by atoms with E-state index in [-0.39, 0.29) is 5.91 Å². The van der Waals surface area contributed by atoms with Crippen LogP contribution in [-0.4, -0.2) is 17.6 Å². The summed E-state index contributed by atoms with van der Waals surface area (Å²) in [5.41, 5.74) is 1.00. The molecule has 0 atom stereocenters. The summed E-state index contributed by atoms with van der Waals surface area (Å²) in [5, 5.41) is 3.47. The predicted molar refractivity (Wildman–Crippen MR) is 94.5 cm³/mol. The minimum Gasteiger partial charge on any atom is -0.483 e. The van der Waals surface area contributed by atoms with Gasteiger partial charge in [0.15, 0.2) is 0 Å². The highest BCUT2D eigenvalue weighted by atomic mass is 35.5. The topological polar surface area (TPSA) is 38.3 Å². The molecule has 0 unspecified atom stereocenters. The fourth-order valence-corrected chi connectivity index (χ4v) is 2.42. The van der Waals surface area contributed by atoms with Crippen LogP contribution in [0.2, 0.25) is 10.0 Å². The molecular formula is C16H15Cl2NO2S. The van der Waals surface area contributed by atoms with Crippen molar-refractivity contribution >= 4 is 46.6 Å². The standard InChI is InChI=1S/C16H15Cl2NO2S/c1-2-22-10-21-12-8-6-11(7-9-12)16(20)19-14-5-3-4-13(17)15(14)18/h3-9H,2,10H2,1H3,(H,19,20). The molecule has 0 aromatic heterocycles. The Balaban J connectivity index is 2.02. The van der Waals surface area contributed by atoms with Crippen molar-refractivity contribution < 1.29 is 9.53 Å². The van der Waals surface area contributed by atoms with E-state index in [0.29, 0.717) is 27.2 Å². The smallest absolute Gasteiger partial charge is 0.255 e. The van der Waals surface area contributed by atoms with Gasteiger partial charge in [0, 0.05) is 5.56 Å². The number of hydrogen-bond acceptors (Lipinski definition) is 3. The van der Waals surface area contributed by atoms with Crippen LogP contribution in [0.25, 0.3) is 0 Å². The lowest BCUT2D eigenvalue weighted by Gasteiger charge is -2.09. The number of hydrogen-bond donors (Lipinski definition) is 1. The lowest BCUT2D eigenvalue weighted by molar-refractivity contribution is 0.102. The molecule has 0 heterocycles. The third-order valence-electron chi connectivity index (χ3n) is 2.83. The first kappa shape index (κ1) is 17.0. The summed E-state index contributed by atoms with van der Waals surface area (Å²) in [4.78, 5) is 12.2. The van der Waals surface area contributed by atoms with E-state index in [1.807, 2.05) is 0 Å². The summed E-state index contributed by atoms with van der Waals surface area (Å²) in [5.74, 6) is 2.08. The van der Waals surface area contributed by atoms with E-state index >= 15 is 0 Å². The van der Waals surface area contributed by atoms with Crippen LogP contribution in [0.5, 0.6) is 5.75 Å². The van der Waals surface area contributed by atoms with Gasteiger partial charge in [-0.05, 0) is 42.2 Å². The number of carbonyl (C=O) groups excluding carboxylic acids is 1. The maximum atomic E-state index is 12.2. The average Bonchev–Trinajstić information content (AvgIpc) is 2.53. The SMILES string of the molecule is CCSCOc1ccc(C(=O)Nc2cccc(Cl)c2Cl)cc1. The Morgan fingerprint density at radius 2 is 1.91 bits per heavy atom. The van der Waals surface area contributed by atoms with E-state index in [9.17, 15) is 4.79 Å². The summed E-state index contributed by atoms with van der Waals surface area (Å²) >= 11 is 13.7. The van der Waals surface area contributed by atoms with Crippen LogP contribution in [0.4, 0.5) is 5.69 Å². The Bertz CT molecular complexity index is 647. The Kier molecular flexibility index (Phi) is 6.43. The van der Waals surface area contributed by atoms with Crippen LogP contribution in [0, 0.1) is 0 Å². The van der Waals surface area contributed by atoms with Crippen molar-refractivity contribution in [2.45, 2.75) is 6.92 Å². The van der Waals surface area contributed by atoms with Gasteiger partial charge in [-0.2, -0.15) is 0 Å². The van der Waals surface area contributed by atoms with Crippen molar-refractivity contribution in [3.05, 3.63) is 58.1 Å². The molecule has 1 amide bonds. The second kappa shape index (κ2) is 8.32. The molecular weight excluding hydrogens is 341 g/mol. The van der Waals surface area contributed by atoms with E-state index in [4.69, 9.17) is 27.9 Å².